The molecule has 0 spiro atoms. The standard InChI is InChI=1S/C14H9BrCl2O3S/c15-12-4-3-10(6-11(12)14(18)19)21(20)7-8-1-2-9(16)5-13(8)17/h1-6H,7H2,(H,18,19). The zero-order valence-corrected chi connectivity index (χ0v) is 14.4. The van der Waals surface area contributed by atoms with Gasteiger partial charge in [-0.1, -0.05) is 29.3 Å². The second-order valence-electron chi connectivity index (χ2n) is 4.17. The lowest BCUT2D eigenvalue weighted by molar-refractivity contribution is 0.0695. The monoisotopic (exact) mass is 406 g/mol. The van der Waals surface area contributed by atoms with E-state index in [0.29, 0.717) is 25.0 Å². The fraction of sp³-hybridized carbons (Fsp3) is 0.0714. The Labute approximate surface area is 142 Å². The van der Waals surface area contributed by atoms with Crippen molar-refractivity contribution in [1.29, 1.82) is 0 Å². The predicted molar refractivity (Wildman–Crippen MR) is 87.7 cm³/mol. The lowest BCUT2D eigenvalue weighted by Gasteiger charge is -2.07. The van der Waals surface area contributed by atoms with Gasteiger partial charge >= 0.3 is 5.97 Å². The van der Waals surface area contributed by atoms with Gasteiger partial charge in [0, 0.05) is 19.4 Å². The van der Waals surface area contributed by atoms with Crippen LogP contribution in [0.2, 0.25) is 10.0 Å². The number of hydrogen-bond donors (Lipinski definition) is 1. The van der Waals surface area contributed by atoms with Crippen LogP contribution in [-0.2, 0) is 16.6 Å². The third-order valence-corrected chi connectivity index (χ3v) is 5.36. The third-order valence-electron chi connectivity index (χ3n) is 2.73. The largest absolute Gasteiger partial charge is 0.478 e. The zero-order valence-electron chi connectivity index (χ0n) is 10.5. The number of rotatable bonds is 4. The summed E-state index contributed by atoms with van der Waals surface area (Å²) in [4.78, 5) is 11.5. The zero-order chi connectivity index (χ0) is 15.6. The highest BCUT2D eigenvalue weighted by molar-refractivity contribution is 9.10. The lowest BCUT2D eigenvalue weighted by Crippen LogP contribution is -2.02. The van der Waals surface area contributed by atoms with E-state index in [0.717, 1.165) is 0 Å². The topological polar surface area (TPSA) is 54.4 Å². The van der Waals surface area contributed by atoms with E-state index in [-0.39, 0.29) is 11.3 Å². The fourth-order valence-corrected chi connectivity index (χ4v) is 3.81. The second kappa shape index (κ2) is 6.92. The molecule has 0 aliphatic carbocycles. The van der Waals surface area contributed by atoms with E-state index < -0.39 is 16.8 Å². The Morgan fingerprint density at radius 3 is 2.52 bits per heavy atom. The van der Waals surface area contributed by atoms with Crippen molar-refractivity contribution in [2.24, 2.45) is 0 Å². The highest BCUT2D eigenvalue weighted by atomic mass is 79.9. The summed E-state index contributed by atoms with van der Waals surface area (Å²) < 4.78 is 12.8. The van der Waals surface area contributed by atoms with Crippen molar-refractivity contribution >= 4 is 55.9 Å². The summed E-state index contributed by atoms with van der Waals surface area (Å²) in [5.74, 6) is -0.887. The van der Waals surface area contributed by atoms with E-state index in [4.69, 9.17) is 28.3 Å². The molecule has 1 atom stereocenters. The Balaban J connectivity index is 2.28. The van der Waals surface area contributed by atoms with Gasteiger partial charge in [0.15, 0.2) is 0 Å². The van der Waals surface area contributed by atoms with Crippen LogP contribution in [0, 0.1) is 0 Å². The SMILES string of the molecule is O=C(O)c1cc(S(=O)Cc2ccc(Cl)cc2Cl)ccc1Br. The maximum atomic E-state index is 12.3. The van der Waals surface area contributed by atoms with Crippen molar-refractivity contribution in [2.45, 2.75) is 10.6 Å². The summed E-state index contributed by atoms with van der Waals surface area (Å²) in [5, 5.41) is 10.0. The minimum atomic E-state index is -1.40. The van der Waals surface area contributed by atoms with E-state index in [1.54, 1.807) is 30.3 Å². The Hall–Kier alpha value is -0.880. The molecule has 2 aromatic carbocycles. The second-order valence-corrected chi connectivity index (χ2v) is 7.32. The van der Waals surface area contributed by atoms with Crippen LogP contribution in [0.25, 0.3) is 0 Å². The van der Waals surface area contributed by atoms with Gasteiger partial charge in [0.05, 0.1) is 22.1 Å². The number of carboxylic acids is 1. The predicted octanol–water partition coefficient (Wildman–Crippen LogP) is 4.76. The molecule has 2 aromatic rings. The van der Waals surface area contributed by atoms with Crippen LogP contribution in [0.5, 0.6) is 0 Å². The molecule has 7 heteroatoms. The van der Waals surface area contributed by atoms with Crippen LogP contribution in [0.1, 0.15) is 15.9 Å². The molecule has 21 heavy (non-hydrogen) atoms. The molecule has 0 amide bonds. The molecule has 3 nitrogen and oxygen atoms in total. The number of hydrogen-bond acceptors (Lipinski definition) is 2. The molecule has 0 saturated heterocycles. The first-order chi connectivity index (χ1) is 9.88. The third kappa shape index (κ3) is 4.07. The van der Waals surface area contributed by atoms with Crippen molar-refractivity contribution in [3.05, 3.63) is 62.0 Å². The average Bonchev–Trinajstić information content (AvgIpc) is 2.42. The van der Waals surface area contributed by atoms with Crippen LogP contribution >= 0.6 is 39.1 Å². The van der Waals surface area contributed by atoms with Gasteiger partial charge in [0.2, 0.25) is 0 Å². The average molecular weight is 408 g/mol. The summed E-state index contributed by atoms with van der Waals surface area (Å²) in [6.45, 7) is 0. The van der Waals surface area contributed by atoms with Gasteiger partial charge in [-0.3, -0.25) is 4.21 Å². The van der Waals surface area contributed by atoms with Crippen LogP contribution in [0.4, 0.5) is 0 Å². The maximum absolute atomic E-state index is 12.3. The van der Waals surface area contributed by atoms with Crippen LogP contribution in [-0.4, -0.2) is 15.3 Å². The summed E-state index contributed by atoms with van der Waals surface area (Å²) in [6.07, 6.45) is 0. The van der Waals surface area contributed by atoms with Crippen LogP contribution in [0.15, 0.2) is 45.8 Å². The van der Waals surface area contributed by atoms with Gasteiger partial charge in [-0.25, -0.2) is 4.79 Å². The molecule has 1 unspecified atom stereocenters. The molecule has 0 aliphatic heterocycles. The molecule has 0 aliphatic rings. The van der Waals surface area contributed by atoms with Gasteiger partial charge in [-0.15, -0.1) is 0 Å². The minimum absolute atomic E-state index is 0.0723. The fourth-order valence-electron chi connectivity index (χ4n) is 1.67. The smallest absolute Gasteiger partial charge is 0.336 e. The van der Waals surface area contributed by atoms with Crippen LogP contribution in [0.3, 0.4) is 0 Å². The van der Waals surface area contributed by atoms with Crippen molar-refractivity contribution in [3.63, 3.8) is 0 Å². The first-order valence-corrected chi connectivity index (χ1v) is 8.60. The normalized spacial score (nSPS) is 12.1. The van der Waals surface area contributed by atoms with E-state index in [2.05, 4.69) is 15.9 Å². The van der Waals surface area contributed by atoms with E-state index >= 15 is 0 Å². The molecule has 110 valence electrons. The molecule has 0 radical (unpaired) electrons. The number of benzene rings is 2. The first-order valence-electron chi connectivity index (χ1n) is 5.73. The Morgan fingerprint density at radius 2 is 1.90 bits per heavy atom. The Kier molecular flexibility index (Phi) is 5.43. The molecular weight excluding hydrogens is 399 g/mol. The molecule has 0 heterocycles. The van der Waals surface area contributed by atoms with Crippen LogP contribution < -0.4 is 0 Å². The van der Waals surface area contributed by atoms with Crippen molar-refractivity contribution in [2.75, 3.05) is 0 Å². The Morgan fingerprint density at radius 1 is 1.19 bits per heavy atom. The molecule has 0 fully saturated rings. The van der Waals surface area contributed by atoms with E-state index in [1.165, 1.54) is 6.07 Å². The van der Waals surface area contributed by atoms with Gasteiger partial charge in [0.25, 0.3) is 0 Å². The molecule has 0 bridgehead atoms. The van der Waals surface area contributed by atoms with Gasteiger partial charge in [-0.05, 0) is 51.8 Å². The van der Waals surface area contributed by atoms with Crippen molar-refractivity contribution in [3.8, 4) is 0 Å². The quantitative estimate of drug-likeness (QED) is 0.794. The van der Waals surface area contributed by atoms with Gasteiger partial charge in [0.1, 0.15) is 0 Å². The molecule has 2 rings (SSSR count). The molecule has 0 aromatic heterocycles. The first kappa shape index (κ1) is 16.5. The minimum Gasteiger partial charge on any atom is -0.478 e. The van der Waals surface area contributed by atoms with Gasteiger partial charge in [-0.2, -0.15) is 0 Å². The van der Waals surface area contributed by atoms with Crippen molar-refractivity contribution < 1.29 is 14.1 Å². The highest BCUT2D eigenvalue weighted by Gasteiger charge is 2.14. The highest BCUT2D eigenvalue weighted by Crippen LogP contribution is 2.25. The Bertz CT molecular complexity index is 734. The summed E-state index contributed by atoms with van der Waals surface area (Å²) in [6, 6.07) is 9.55. The maximum Gasteiger partial charge on any atom is 0.336 e. The summed E-state index contributed by atoms with van der Waals surface area (Å²) >= 11 is 15.0. The van der Waals surface area contributed by atoms with Crippen molar-refractivity contribution in [1.82, 2.24) is 0 Å². The van der Waals surface area contributed by atoms with E-state index in [1.807, 2.05) is 0 Å². The molecular formula is C14H9BrCl2O3S. The number of aromatic carboxylic acids is 1. The molecule has 0 saturated carbocycles. The molecule has 1 N–H and O–H groups in total. The van der Waals surface area contributed by atoms with Gasteiger partial charge < -0.3 is 5.11 Å². The summed E-state index contributed by atoms with van der Waals surface area (Å²) in [5.41, 5.74) is 0.766. The lowest BCUT2D eigenvalue weighted by atomic mass is 10.2. The summed E-state index contributed by atoms with van der Waals surface area (Å²) in [7, 11) is -1.40. The van der Waals surface area contributed by atoms with E-state index in [9.17, 15) is 9.00 Å². The number of halogens is 3. The number of carbonyl (C=O) groups is 1. The number of carboxylic acid groups (broad SMARTS) is 1.